The number of aromatic hydroxyl groups is 1. The van der Waals surface area contributed by atoms with E-state index in [1.165, 1.54) is 32.1 Å². The molecule has 0 spiro atoms. The van der Waals surface area contributed by atoms with Gasteiger partial charge >= 0.3 is 0 Å². The highest BCUT2D eigenvalue weighted by Gasteiger charge is 2.19. The highest BCUT2D eigenvalue weighted by Crippen LogP contribution is 2.29. The van der Waals surface area contributed by atoms with Gasteiger partial charge in [-0.1, -0.05) is 74.6 Å². The number of hydrogen-bond acceptors (Lipinski definition) is 4. The molecule has 1 aliphatic carbocycles. The van der Waals surface area contributed by atoms with Gasteiger partial charge in [0.2, 0.25) is 5.91 Å². The molecule has 3 aromatic rings. The molecule has 30 heavy (non-hydrogen) atoms. The number of aromatic nitrogens is 2. The number of carbonyl (C=O) groups is 1. The maximum absolute atomic E-state index is 12.6. The first-order valence-electron chi connectivity index (χ1n) is 10.7. The van der Waals surface area contributed by atoms with Crippen molar-refractivity contribution >= 4 is 11.7 Å². The summed E-state index contributed by atoms with van der Waals surface area (Å²) in [4.78, 5) is 22.1. The highest BCUT2D eigenvalue weighted by molar-refractivity contribution is 5.92. The lowest BCUT2D eigenvalue weighted by molar-refractivity contribution is -0.115. The van der Waals surface area contributed by atoms with Crippen molar-refractivity contribution in [2.45, 2.75) is 44.9 Å². The molecule has 0 unspecified atom stereocenters. The molecular formula is C25H27N3O2. The Morgan fingerprint density at radius 2 is 1.73 bits per heavy atom. The van der Waals surface area contributed by atoms with Gasteiger partial charge in [-0.05, 0) is 30.0 Å². The van der Waals surface area contributed by atoms with Crippen LogP contribution >= 0.6 is 0 Å². The molecule has 154 valence electrons. The van der Waals surface area contributed by atoms with Crippen LogP contribution in [-0.4, -0.2) is 21.0 Å². The number of amides is 1. The molecule has 5 heteroatoms. The van der Waals surface area contributed by atoms with Crippen molar-refractivity contribution in [1.82, 2.24) is 9.97 Å². The molecule has 1 fully saturated rings. The molecule has 2 N–H and O–H groups in total. The Balaban J connectivity index is 1.55. The van der Waals surface area contributed by atoms with E-state index >= 15 is 0 Å². The van der Waals surface area contributed by atoms with E-state index in [-0.39, 0.29) is 18.1 Å². The van der Waals surface area contributed by atoms with Crippen molar-refractivity contribution in [2.24, 2.45) is 5.92 Å². The minimum absolute atomic E-state index is 0.132. The molecule has 0 atom stereocenters. The number of benzene rings is 2. The fourth-order valence-corrected chi connectivity index (χ4v) is 4.06. The lowest BCUT2D eigenvalue weighted by Gasteiger charge is -2.22. The Morgan fingerprint density at radius 1 is 1.00 bits per heavy atom. The van der Waals surface area contributed by atoms with E-state index in [9.17, 15) is 9.90 Å². The first-order chi connectivity index (χ1) is 14.7. The van der Waals surface area contributed by atoms with Crippen molar-refractivity contribution in [3.8, 4) is 17.0 Å². The number of carbonyl (C=O) groups excluding carboxylic acids is 1. The molecule has 0 bridgehead atoms. The third kappa shape index (κ3) is 5.23. The minimum Gasteiger partial charge on any atom is -0.508 e. The number of hydrogen-bond donors (Lipinski definition) is 2. The molecule has 5 nitrogen and oxygen atoms in total. The molecule has 1 aliphatic rings. The van der Waals surface area contributed by atoms with E-state index in [1.54, 1.807) is 30.5 Å². The van der Waals surface area contributed by atoms with Crippen LogP contribution in [0.1, 0.15) is 43.4 Å². The van der Waals surface area contributed by atoms with E-state index in [1.807, 2.05) is 30.3 Å². The Morgan fingerprint density at radius 3 is 2.47 bits per heavy atom. The summed E-state index contributed by atoms with van der Waals surface area (Å²) in [5, 5.41) is 12.4. The van der Waals surface area contributed by atoms with Crippen molar-refractivity contribution < 1.29 is 9.90 Å². The van der Waals surface area contributed by atoms with Crippen molar-refractivity contribution in [1.29, 1.82) is 0 Å². The van der Waals surface area contributed by atoms with Gasteiger partial charge in [-0.15, -0.1) is 0 Å². The molecule has 0 saturated heterocycles. The molecule has 1 aromatic heterocycles. The summed E-state index contributed by atoms with van der Waals surface area (Å²) < 4.78 is 0. The second-order valence-electron chi connectivity index (χ2n) is 8.02. The molecule has 1 amide bonds. The third-order valence-electron chi connectivity index (χ3n) is 5.68. The zero-order valence-corrected chi connectivity index (χ0v) is 17.1. The number of phenols is 1. The average Bonchev–Trinajstić information content (AvgIpc) is 2.78. The second kappa shape index (κ2) is 9.53. The first kappa shape index (κ1) is 20.1. The van der Waals surface area contributed by atoms with Gasteiger partial charge in [0.15, 0.2) is 5.82 Å². The Labute approximate surface area is 177 Å². The average molecular weight is 402 g/mol. The van der Waals surface area contributed by atoms with Crippen LogP contribution in [0.15, 0.2) is 60.8 Å². The van der Waals surface area contributed by atoms with Crippen LogP contribution in [0.25, 0.3) is 11.3 Å². The van der Waals surface area contributed by atoms with Crippen LogP contribution in [-0.2, 0) is 17.6 Å². The van der Waals surface area contributed by atoms with Gasteiger partial charge in [0, 0.05) is 5.56 Å². The van der Waals surface area contributed by atoms with Gasteiger partial charge in [0.05, 0.1) is 24.0 Å². The van der Waals surface area contributed by atoms with Crippen LogP contribution in [0, 0.1) is 5.92 Å². The fourth-order valence-electron chi connectivity index (χ4n) is 4.06. The molecule has 1 saturated carbocycles. The quantitative estimate of drug-likeness (QED) is 0.599. The van der Waals surface area contributed by atoms with Gasteiger partial charge in [0.1, 0.15) is 5.75 Å². The van der Waals surface area contributed by atoms with Crippen LogP contribution in [0.5, 0.6) is 5.75 Å². The molecule has 0 aliphatic heterocycles. The van der Waals surface area contributed by atoms with E-state index in [4.69, 9.17) is 4.98 Å². The maximum atomic E-state index is 12.6. The molecule has 4 rings (SSSR count). The largest absolute Gasteiger partial charge is 0.508 e. The first-order valence-corrected chi connectivity index (χ1v) is 10.7. The van der Waals surface area contributed by atoms with Crippen molar-refractivity contribution in [3.05, 3.63) is 72.1 Å². The van der Waals surface area contributed by atoms with Gasteiger partial charge in [0.25, 0.3) is 0 Å². The van der Waals surface area contributed by atoms with Gasteiger partial charge in [-0.25, -0.2) is 9.97 Å². The minimum atomic E-state index is -0.132. The van der Waals surface area contributed by atoms with Crippen molar-refractivity contribution in [2.75, 3.05) is 5.32 Å². The third-order valence-corrected chi connectivity index (χ3v) is 5.68. The standard InChI is InChI=1S/C25H27N3O2/c29-21-13-11-19(12-14-21)16-24(30)28-25-22(15-18-7-3-1-4-8-18)27-23(17-26-25)20-9-5-2-6-10-20/h2,5-6,9-14,17-18,29H,1,3-4,7-8,15-16H2,(H,26,28,30). The molecule has 0 radical (unpaired) electrons. The van der Waals surface area contributed by atoms with E-state index in [0.29, 0.717) is 11.7 Å². The summed E-state index contributed by atoms with van der Waals surface area (Å²) in [5.41, 5.74) is 3.56. The van der Waals surface area contributed by atoms with Gasteiger partial charge < -0.3 is 10.4 Å². The van der Waals surface area contributed by atoms with Crippen LogP contribution < -0.4 is 5.32 Å². The Bertz CT molecular complexity index is 981. The predicted molar refractivity (Wildman–Crippen MR) is 118 cm³/mol. The Kier molecular flexibility index (Phi) is 6.38. The molecule has 1 heterocycles. The summed E-state index contributed by atoms with van der Waals surface area (Å²) in [5.74, 6) is 1.21. The number of phenolic OH excluding ortho intramolecular Hbond substituents is 1. The zero-order valence-electron chi connectivity index (χ0n) is 17.1. The van der Waals surface area contributed by atoms with Gasteiger partial charge in [-0.2, -0.15) is 0 Å². The monoisotopic (exact) mass is 401 g/mol. The maximum Gasteiger partial charge on any atom is 0.229 e. The lowest BCUT2D eigenvalue weighted by atomic mass is 9.86. The summed E-state index contributed by atoms with van der Waals surface area (Å²) in [6.07, 6.45) is 9.04. The molecular weight excluding hydrogens is 374 g/mol. The van der Waals surface area contributed by atoms with E-state index in [0.717, 1.165) is 28.9 Å². The number of anilines is 1. The SMILES string of the molecule is O=C(Cc1ccc(O)cc1)Nc1ncc(-c2ccccc2)nc1CC1CCCCC1. The van der Waals surface area contributed by atoms with Gasteiger partial charge in [-0.3, -0.25) is 4.79 Å². The van der Waals surface area contributed by atoms with Crippen LogP contribution in [0.3, 0.4) is 0 Å². The molecule has 2 aromatic carbocycles. The highest BCUT2D eigenvalue weighted by atomic mass is 16.3. The Hall–Kier alpha value is -3.21. The smallest absolute Gasteiger partial charge is 0.229 e. The number of nitrogens with zero attached hydrogens (tertiary/aromatic N) is 2. The van der Waals surface area contributed by atoms with E-state index in [2.05, 4.69) is 10.3 Å². The van der Waals surface area contributed by atoms with Crippen LogP contribution in [0.4, 0.5) is 5.82 Å². The normalized spacial score (nSPS) is 14.4. The lowest BCUT2D eigenvalue weighted by Crippen LogP contribution is -2.19. The number of rotatable bonds is 6. The zero-order chi connectivity index (χ0) is 20.8. The topological polar surface area (TPSA) is 75.1 Å². The fraction of sp³-hybridized carbons (Fsp3) is 0.320. The van der Waals surface area contributed by atoms with E-state index < -0.39 is 0 Å². The summed E-state index contributed by atoms with van der Waals surface area (Å²) in [6, 6.07) is 16.7. The summed E-state index contributed by atoms with van der Waals surface area (Å²) in [6.45, 7) is 0. The van der Waals surface area contributed by atoms with Crippen molar-refractivity contribution in [3.63, 3.8) is 0 Å². The predicted octanol–water partition coefficient (Wildman–Crippen LogP) is 5.15. The number of nitrogens with one attached hydrogen (secondary N) is 1. The second-order valence-corrected chi connectivity index (χ2v) is 8.02. The van der Waals surface area contributed by atoms with Crippen LogP contribution in [0.2, 0.25) is 0 Å². The summed E-state index contributed by atoms with van der Waals surface area (Å²) in [7, 11) is 0. The summed E-state index contributed by atoms with van der Waals surface area (Å²) >= 11 is 0.